The first-order chi connectivity index (χ1) is 7.24. The largest absolute Gasteiger partial charge is 0.449 e. The van der Waals surface area contributed by atoms with E-state index in [-0.39, 0.29) is 0 Å². The van der Waals surface area contributed by atoms with Gasteiger partial charge in [-0.25, -0.2) is 0 Å². The van der Waals surface area contributed by atoms with Crippen molar-refractivity contribution in [2.75, 3.05) is 5.75 Å². The Morgan fingerprint density at radius 2 is 2.33 bits per heavy atom. The minimum atomic E-state index is 0.439. The third-order valence-electron chi connectivity index (χ3n) is 2.81. The second-order valence-electron chi connectivity index (χ2n) is 4.16. The average molecular weight is 246 g/mol. The number of rotatable bonds is 4. The van der Waals surface area contributed by atoms with Gasteiger partial charge in [0.25, 0.3) is 0 Å². The molecule has 1 saturated carbocycles. The molecule has 0 saturated heterocycles. The fourth-order valence-electron chi connectivity index (χ4n) is 2.02. The van der Waals surface area contributed by atoms with Crippen molar-refractivity contribution in [3.05, 3.63) is 23.1 Å². The quantitative estimate of drug-likeness (QED) is 0.885. The molecule has 0 radical (unpaired) electrons. The summed E-state index contributed by atoms with van der Waals surface area (Å²) in [7, 11) is 0. The molecule has 0 unspecified atom stereocenters. The van der Waals surface area contributed by atoms with Crippen molar-refractivity contribution >= 4 is 23.4 Å². The van der Waals surface area contributed by atoms with E-state index in [1.807, 2.05) is 17.8 Å². The van der Waals surface area contributed by atoms with Crippen LogP contribution < -0.4 is 5.73 Å². The number of hydrogen-bond acceptors (Lipinski definition) is 3. The lowest BCUT2D eigenvalue weighted by atomic mass is 10.1. The molecule has 1 heterocycles. The van der Waals surface area contributed by atoms with Crippen molar-refractivity contribution in [2.45, 2.75) is 31.1 Å². The van der Waals surface area contributed by atoms with Gasteiger partial charge in [0.2, 0.25) is 0 Å². The van der Waals surface area contributed by atoms with Crippen LogP contribution in [-0.4, -0.2) is 11.8 Å². The minimum Gasteiger partial charge on any atom is -0.449 e. The smallest absolute Gasteiger partial charge is 0.193 e. The molecule has 0 bridgehead atoms. The maximum Gasteiger partial charge on any atom is 0.193 e. The number of hydrogen-bond donors (Lipinski definition) is 1. The number of furan rings is 1. The Bertz CT molecular complexity index is 315. The zero-order valence-corrected chi connectivity index (χ0v) is 10.2. The highest BCUT2D eigenvalue weighted by atomic mass is 35.5. The number of thioether (sulfide) groups is 1. The highest BCUT2D eigenvalue weighted by molar-refractivity contribution is 7.98. The van der Waals surface area contributed by atoms with Crippen LogP contribution in [0.5, 0.6) is 0 Å². The SMILES string of the molecule is N[C@@H]1CC[C@H](CSCc2ccc(Cl)o2)C1. The molecule has 0 spiro atoms. The van der Waals surface area contributed by atoms with Crippen LogP contribution in [0.2, 0.25) is 5.22 Å². The molecule has 1 aromatic heterocycles. The van der Waals surface area contributed by atoms with Gasteiger partial charge in [-0.3, -0.25) is 0 Å². The molecule has 2 rings (SSSR count). The van der Waals surface area contributed by atoms with Crippen molar-refractivity contribution in [2.24, 2.45) is 11.7 Å². The van der Waals surface area contributed by atoms with Gasteiger partial charge in [0.05, 0.1) is 5.75 Å². The summed E-state index contributed by atoms with van der Waals surface area (Å²) >= 11 is 7.60. The molecule has 0 aromatic carbocycles. The van der Waals surface area contributed by atoms with Crippen LogP contribution >= 0.6 is 23.4 Å². The van der Waals surface area contributed by atoms with E-state index in [4.69, 9.17) is 21.8 Å². The molecule has 2 N–H and O–H groups in total. The Morgan fingerprint density at radius 1 is 1.47 bits per heavy atom. The highest BCUT2D eigenvalue weighted by Gasteiger charge is 2.21. The summed E-state index contributed by atoms with van der Waals surface area (Å²) in [6, 6.07) is 4.17. The van der Waals surface area contributed by atoms with E-state index in [1.54, 1.807) is 6.07 Å². The van der Waals surface area contributed by atoms with Gasteiger partial charge in [-0.1, -0.05) is 0 Å². The molecule has 1 fully saturated rings. The molecule has 2 atom stereocenters. The van der Waals surface area contributed by atoms with Gasteiger partial charge in [0.1, 0.15) is 5.76 Å². The van der Waals surface area contributed by atoms with Gasteiger partial charge in [0, 0.05) is 6.04 Å². The zero-order chi connectivity index (χ0) is 10.7. The monoisotopic (exact) mass is 245 g/mol. The fourth-order valence-corrected chi connectivity index (χ4v) is 3.29. The van der Waals surface area contributed by atoms with Gasteiger partial charge in [-0.15, -0.1) is 0 Å². The average Bonchev–Trinajstić information content (AvgIpc) is 2.76. The van der Waals surface area contributed by atoms with Gasteiger partial charge < -0.3 is 10.2 Å². The molecule has 2 nitrogen and oxygen atoms in total. The standard InChI is InChI=1S/C11H16ClNOS/c12-11-4-3-10(14-11)7-15-6-8-1-2-9(13)5-8/h3-4,8-9H,1-2,5-7,13H2/t8-,9+/m0/s1. The molecule has 15 heavy (non-hydrogen) atoms. The lowest BCUT2D eigenvalue weighted by Crippen LogP contribution is -2.15. The maximum atomic E-state index is 5.87. The predicted octanol–water partition coefficient (Wildman–Crippen LogP) is 3.29. The summed E-state index contributed by atoms with van der Waals surface area (Å²) in [5.74, 6) is 3.87. The topological polar surface area (TPSA) is 39.2 Å². The second-order valence-corrected chi connectivity index (χ2v) is 5.56. The number of halogens is 1. The van der Waals surface area contributed by atoms with Crippen molar-refractivity contribution < 1.29 is 4.42 Å². The fraction of sp³-hybridized carbons (Fsp3) is 0.636. The summed E-state index contributed by atoms with van der Waals surface area (Å²) in [6.07, 6.45) is 3.66. The minimum absolute atomic E-state index is 0.439. The zero-order valence-electron chi connectivity index (χ0n) is 8.62. The van der Waals surface area contributed by atoms with Crippen LogP contribution in [0, 0.1) is 5.92 Å². The molecule has 84 valence electrons. The van der Waals surface area contributed by atoms with Crippen LogP contribution in [0.25, 0.3) is 0 Å². The van der Waals surface area contributed by atoms with E-state index >= 15 is 0 Å². The summed E-state index contributed by atoms with van der Waals surface area (Å²) in [5, 5.41) is 0.480. The first kappa shape index (κ1) is 11.4. The van der Waals surface area contributed by atoms with Crippen LogP contribution in [0.4, 0.5) is 0 Å². The molecule has 1 aliphatic carbocycles. The van der Waals surface area contributed by atoms with Crippen molar-refractivity contribution in [1.29, 1.82) is 0 Å². The lowest BCUT2D eigenvalue weighted by Gasteiger charge is -2.07. The van der Waals surface area contributed by atoms with E-state index < -0.39 is 0 Å². The molecule has 1 aliphatic rings. The van der Waals surface area contributed by atoms with E-state index in [9.17, 15) is 0 Å². The Balaban J connectivity index is 1.67. The highest BCUT2D eigenvalue weighted by Crippen LogP contribution is 2.29. The molecule has 4 heteroatoms. The molecular formula is C11H16ClNOS. The Kier molecular flexibility index (Phi) is 4.00. The van der Waals surface area contributed by atoms with E-state index in [0.717, 1.165) is 17.4 Å². The van der Waals surface area contributed by atoms with E-state index in [1.165, 1.54) is 25.0 Å². The van der Waals surface area contributed by atoms with Gasteiger partial charge in [-0.05, 0) is 54.7 Å². The molecule has 1 aromatic rings. The van der Waals surface area contributed by atoms with Crippen LogP contribution in [-0.2, 0) is 5.75 Å². The van der Waals surface area contributed by atoms with Crippen molar-refractivity contribution in [3.63, 3.8) is 0 Å². The summed E-state index contributed by atoms with van der Waals surface area (Å²) in [6.45, 7) is 0. The van der Waals surface area contributed by atoms with Crippen LogP contribution in [0.3, 0.4) is 0 Å². The Hall–Kier alpha value is -0.120. The predicted molar refractivity (Wildman–Crippen MR) is 65.2 cm³/mol. The lowest BCUT2D eigenvalue weighted by molar-refractivity contribution is 0.531. The van der Waals surface area contributed by atoms with Gasteiger partial charge >= 0.3 is 0 Å². The van der Waals surface area contributed by atoms with E-state index in [0.29, 0.717) is 11.3 Å². The molecular weight excluding hydrogens is 230 g/mol. The molecule has 0 aliphatic heterocycles. The summed E-state index contributed by atoms with van der Waals surface area (Å²) in [5.41, 5.74) is 5.87. The summed E-state index contributed by atoms with van der Waals surface area (Å²) in [4.78, 5) is 0. The molecule has 0 amide bonds. The first-order valence-electron chi connectivity index (χ1n) is 5.31. The third kappa shape index (κ3) is 3.44. The van der Waals surface area contributed by atoms with Crippen LogP contribution in [0.1, 0.15) is 25.0 Å². The third-order valence-corrected chi connectivity index (χ3v) is 4.21. The van der Waals surface area contributed by atoms with Gasteiger partial charge in [-0.2, -0.15) is 11.8 Å². The second kappa shape index (κ2) is 5.28. The number of nitrogens with two attached hydrogens (primary N) is 1. The van der Waals surface area contributed by atoms with Gasteiger partial charge in [0.15, 0.2) is 5.22 Å². The van der Waals surface area contributed by atoms with Crippen molar-refractivity contribution in [3.8, 4) is 0 Å². The van der Waals surface area contributed by atoms with E-state index in [2.05, 4.69) is 0 Å². The normalized spacial score (nSPS) is 26.0. The Labute approximate surface area is 99.5 Å². The van der Waals surface area contributed by atoms with Crippen molar-refractivity contribution in [1.82, 2.24) is 0 Å². The summed E-state index contributed by atoms with van der Waals surface area (Å²) < 4.78 is 5.29. The Morgan fingerprint density at radius 3 is 2.93 bits per heavy atom. The first-order valence-corrected chi connectivity index (χ1v) is 6.85. The maximum absolute atomic E-state index is 5.87. The van der Waals surface area contributed by atoms with Crippen LogP contribution in [0.15, 0.2) is 16.5 Å².